The fraction of sp³-hybridized carbons (Fsp3) is 0.727. The molecule has 0 aromatic rings. The maximum absolute atomic E-state index is 9.06. The van der Waals surface area contributed by atoms with Crippen molar-refractivity contribution in [1.29, 1.82) is 5.26 Å². The van der Waals surface area contributed by atoms with Crippen LogP contribution in [0.5, 0.6) is 0 Å². The summed E-state index contributed by atoms with van der Waals surface area (Å²) in [5.41, 5.74) is 0.761. The second-order valence-corrected chi connectivity index (χ2v) is 3.43. The fourth-order valence-electron chi connectivity index (χ4n) is 1.40. The molecular weight excluding hydrogens is 146 g/mol. The highest BCUT2D eigenvalue weighted by Gasteiger charge is 2.27. The molecule has 12 heavy (non-hydrogen) atoms. The molecule has 0 aromatic heterocycles. The standard InChI is InChI=1S/C11H19N/c1-5-7-8-11(6-2,9-12)10(3)4/h3,5-8H2,1-2,4H3. The van der Waals surface area contributed by atoms with Crippen LogP contribution >= 0.6 is 0 Å². The lowest BCUT2D eigenvalue weighted by atomic mass is 9.76. The van der Waals surface area contributed by atoms with E-state index in [1.165, 1.54) is 0 Å². The molecule has 0 spiro atoms. The van der Waals surface area contributed by atoms with Gasteiger partial charge in [0.25, 0.3) is 0 Å². The lowest BCUT2D eigenvalue weighted by Crippen LogP contribution is -2.18. The van der Waals surface area contributed by atoms with Crippen LogP contribution in [-0.2, 0) is 0 Å². The zero-order valence-corrected chi connectivity index (χ0v) is 8.48. The van der Waals surface area contributed by atoms with Crippen molar-refractivity contribution >= 4 is 0 Å². The third-order valence-electron chi connectivity index (χ3n) is 2.59. The summed E-state index contributed by atoms with van der Waals surface area (Å²) in [5, 5.41) is 9.06. The van der Waals surface area contributed by atoms with Crippen molar-refractivity contribution in [3.8, 4) is 6.07 Å². The molecule has 68 valence electrons. The van der Waals surface area contributed by atoms with Gasteiger partial charge in [0.1, 0.15) is 0 Å². The van der Waals surface area contributed by atoms with Crippen molar-refractivity contribution in [3.05, 3.63) is 12.2 Å². The molecule has 0 amide bonds. The molecule has 1 atom stereocenters. The van der Waals surface area contributed by atoms with Gasteiger partial charge in [-0.2, -0.15) is 5.26 Å². The van der Waals surface area contributed by atoms with E-state index in [-0.39, 0.29) is 5.41 Å². The van der Waals surface area contributed by atoms with E-state index in [1.54, 1.807) is 0 Å². The molecule has 0 radical (unpaired) electrons. The molecule has 0 saturated heterocycles. The fourth-order valence-corrected chi connectivity index (χ4v) is 1.40. The van der Waals surface area contributed by atoms with Gasteiger partial charge in [-0.15, -0.1) is 0 Å². The summed E-state index contributed by atoms with van der Waals surface area (Å²) in [6.45, 7) is 10.1. The van der Waals surface area contributed by atoms with Crippen LogP contribution in [0.15, 0.2) is 12.2 Å². The van der Waals surface area contributed by atoms with E-state index in [0.29, 0.717) is 0 Å². The molecule has 0 aliphatic rings. The van der Waals surface area contributed by atoms with Gasteiger partial charge < -0.3 is 0 Å². The quantitative estimate of drug-likeness (QED) is 0.570. The predicted octanol–water partition coefficient (Wildman–Crippen LogP) is 3.67. The molecule has 0 aliphatic heterocycles. The van der Waals surface area contributed by atoms with Gasteiger partial charge in [0.05, 0.1) is 11.5 Å². The molecule has 0 N–H and O–H groups in total. The van der Waals surface area contributed by atoms with Gasteiger partial charge in [-0.05, 0) is 19.8 Å². The van der Waals surface area contributed by atoms with Gasteiger partial charge in [0.15, 0.2) is 0 Å². The first kappa shape index (κ1) is 11.2. The minimum atomic E-state index is -0.254. The first-order valence-electron chi connectivity index (χ1n) is 4.70. The Morgan fingerprint density at radius 1 is 1.50 bits per heavy atom. The Balaban J connectivity index is 4.39. The Hall–Kier alpha value is -0.770. The Bertz CT molecular complexity index is 188. The lowest BCUT2D eigenvalue weighted by molar-refractivity contribution is 0.404. The van der Waals surface area contributed by atoms with E-state index in [1.807, 2.05) is 6.92 Å². The van der Waals surface area contributed by atoms with E-state index >= 15 is 0 Å². The SMILES string of the molecule is C=C(C)C(C#N)(CC)CCCC. The summed E-state index contributed by atoms with van der Waals surface area (Å²) in [7, 11) is 0. The molecule has 0 heterocycles. The zero-order chi connectivity index (χ0) is 9.61. The average molecular weight is 165 g/mol. The summed E-state index contributed by atoms with van der Waals surface area (Å²) >= 11 is 0. The van der Waals surface area contributed by atoms with Crippen LogP contribution in [0.3, 0.4) is 0 Å². The normalized spacial score (nSPS) is 14.8. The van der Waals surface area contributed by atoms with Crippen LogP contribution < -0.4 is 0 Å². The van der Waals surface area contributed by atoms with Gasteiger partial charge >= 0.3 is 0 Å². The van der Waals surface area contributed by atoms with Gasteiger partial charge in [0.2, 0.25) is 0 Å². The predicted molar refractivity (Wildman–Crippen MR) is 52.7 cm³/mol. The molecule has 0 aromatic carbocycles. The molecule has 1 nitrogen and oxygen atoms in total. The Morgan fingerprint density at radius 2 is 2.08 bits per heavy atom. The van der Waals surface area contributed by atoms with Gasteiger partial charge in [-0.1, -0.05) is 38.8 Å². The van der Waals surface area contributed by atoms with Crippen molar-refractivity contribution in [2.24, 2.45) is 5.41 Å². The molecule has 0 saturated carbocycles. The first-order valence-corrected chi connectivity index (χ1v) is 4.70. The van der Waals surface area contributed by atoms with Gasteiger partial charge in [0, 0.05) is 0 Å². The van der Waals surface area contributed by atoms with Crippen LogP contribution in [0.2, 0.25) is 0 Å². The number of hydrogen-bond donors (Lipinski definition) is 0. The van der Waals surface area contributed by atoms with Crippen LogP contribution in [0.1, 0.15) is 46.5 Å². The lowest BCUT2D eigenvalue weighted by Gasteiger charge is -2.25. The van der Waals surface area contributed by atoms with Crippen LogP contribution in [0.25, 0.3) is 0 Å². The maximum atomic E-state index is 9.06. The number of nitrogens with zero attached hydrogens (tertiary/aromatic N) is 1. The molecule has 1 unspecified atom stereocenters. The second-order valence-electron chi connectivity index (χ2n) is 3.43. The van der Waals surface area contributed by atoms with E-state index in [0.717, 1.165) is 31.3 Å². The average Bonchev–Trinajstić information content (AvgIpc) is 2.07. The van der Waals surface area contributed by atoms with Crippen molar-refractivity contribution in [2.45, 2.75) is 46.5 Å². The Labute approximate surface area is 76.1 Å². The molecule has 0 rings (SSSR count). The maximum Gasteiger partial charge on any atom is 0.0774 e. The van der Waals surface area contributed by atoms with Crippen LogP contribution in [0.4, 0.5) is 0 Å². The summed E-state index contributed by atoms with van der Waals surface area (Å²) in [6.07, 6.45) is 4.12. The monoisotopic (exact) mass is 165 g/mol. The highest BCUT2D eigenvalue weighted by Crippen LogP contribution is 2.34. The Morgan fingerprint density at radius 3 is 2.33 bits per heavy atom. The van der Waals surface area contributed by atoms with Gasteiger partial charge in [-0.25, -0.2) is 0 Å². The highest BCUT2D eigenvalue weighted by molar-refractivity contribution is 5.18. The second kappa shape index (κ2) is 4.98. The van der Waals surface area contributed by atoms with E-state index in [4.69, 9.17) is 5.26 Å². The van der Waals surface area contributed by atoms with Gasteiger partial charge in [-0.3, -0.25) is 0 Å². The Kier molecular flexibility index (Phi) is 4.66. The minimum absolute atomic E-state index is 0.254. The highest BCUT2D eigenvalue weighted by atomic mass is 14.4. The largest absolute Gasteiger partial charge is 0.197 e. The zero-order valence-electron chi connectivity index (χ0n) is 8.48. The minimum Gasteiger partial charge on any atom is -0.197 e. The third-order valence-corrected chi connectivity index (χ3v) is 2.59. The molecule has 0 bridgehead atoms. The molecule has 1 heteroatoms. The summed E-state index contributed by atoms with van der Waals surface area (Å²) in [5.74, 6) is 0. The van der Waals surface area contributed by atoms with Crippen LogP contribution in [-0.4, -0.2) is 0 Å². The summed E-state index contributed by atoms with van der Waals surface area (Å²) in [6, 6.07) is 2.40. The third kappa shape index (κ3) is 2.37. The summed E-state index contributed by atoms with van der Waals surface area (Å²) < 4.78 is 0. The summed E-state index contributed by atoms with van der Waals surface area (Å²) in [4.78, 5) is 0. The first-order chi connectivity index (χ1) is 5.63. The van der Waals surface area contributed by atoms with Crippen molar-refractivity contribution in [1.82, 2.24) is 0 Å². The molecule has 0 aliphatic carbocycles. The number of unbranched alkanes of at least 4 members (excludes halogenated alkanes) is 1. The van der Waals surface area contributed by atoms with Crippen molar-refractivity contribution < 1.29 is 0 Å². The number of allylic oxidation sites excluding steroid dienone is 1. The van der Waals surface area contributed by atoms with E-state index in [2.05, 4.69) is 26.5 Å². The molecular formula is C11H19N. The van der Waals surface area contributed by atoms with Crippen LogP contribution in [0, 0.1) is 16.7 Å². The topological polar surface area (TPSA) is 23.8 Å². The molecule has 0 fully saturated rings. The smallest absolute Gasteiger partial charge is 0.0774 e. The van der Waals surface area contributed by atoms with E-state index < -0.39 is 0 Å². The van der Waals surface area contributed by atoms with Crippen molar-refractivity contribution in [2.75, 3.05) is 0 Å². The van der Waals surface area contributed by atoms with E-state index in [9.17, 15) is 0 Å². The number of nitriles is 1. The number of rotatable bonds is 5. The number of hydrogen-bond acceptors (Lipinski definition) is 1. The van der Waals surface area contributed by atoms with Crippen molar-refractivity contribution in [3.63, 3.8) is 0 Å².